The number of hydrogen-bond donors (Lipinski definition) is 2. The zero-order valence-electron chi connectivity index (χ0n) is 17.4. The maximum absolute atomic E-state index is 12.8. The van der Waals surface area contributed by atoms with E-state index < -0.39 is 10.0 Å². The Labute approximate surface area is 196 Å². The van der Waals surface area contributed by atoms with Crippen molar-refractivity contribution in [2.24, 2.45) is 0 Å². The van der Waals surface area contributed by atoms with Crippen LogP contribution < -0.4 is 19.5 Å². The van der Waals surface area contributed by atoms with Crippen molar-refractivity contribution in [2.75, 3.05) is 18.5 Å². The van der Waals surface area contributed by atoms with Gasteiger partial charge in [-0.1, -0.05) is 23.7 Å². The summed E-state index contributed by atoms with van der Waals surface area (Å²) in [5.74, 6) is 1.93. The molecule has 0 saturated carbocycles. The molecule has 2 heterocycles. The predicted octanol–water partition coefficient (Wildman–Crippen LogP) is 4.88. The molecule has 3 aromatic carbocycles. The van der Waals surface area contributed by atoms with Gasteiger partial charge in [-0.3, -0.25) is 0 Å². The van der Waals surface area contributed by atoms with Gasteiger partial charge in [-0.15, -0.1) is 0 Å². The lowest BCUT2D eigenvalue weighted by atomic mass is 10.1. The number of nitrogens with one attached hydrogen (secondary N) is 2. The van der Waals surface area contributed by atoms with Crippen LogP contribution in [0.5, 0.6) is 11.5 Å². The molecular weight excluding hydrogens is 462 g/mol. The number of hydrogen-bond acceptors (Lipinski definition) is 6. The lowest BCUT2D eigenvalue weighted by Gasteiger charge is -2.19. The number of ether oxygens (including phenoxy) is 2. The standard InChI is InChI=1S/C24H20ClN3O4S/c25-18-3-2-17-9-10-26-24(21(17)14-18)28-19-4-6-20(7-5-19)33(29,30)27-15-16-1-8-22-23(13-16)32-12-11-31-22/h1-10,13-14,27H,11-12,15H2,(H,26,28). The summed E-state index contributed by atoms with van der Waals surface area (Å²) in [5, 5.41) is 5.72. The van der Waals surface area contributed by atoms with E-state index in [-0.39, 0.29) is 11.4 Å². The summed E-state index contributed by atoms with van der Waals surface area (Å²) in [5.41, 5.74) is 1.49. The molecule has 0 saturated heterocycles. The highest BCUT2D eigenvalue weighted by atomic mass is 35.5. The molecule has 0 fully saturated rings. The van der Waals surface area contributed by atoms with Crippen molar-refractivity contribution >= 4 is 43.9 Å². The molecule has 1 aromatic heterocycles. The van der Waals surface area contributed by atoms with Gasteiger partial charge in [-0.05, 0) is 65.5 Å². The third kappa shape index (κ3) is 4.73. The van der Waals surface area contributed by atoms with Crippen LogP contribution in [0.1, 0.15) is 5.56 Å². The molecule has 9 heteroatoms. The number of rotatable bonds is 6. The summed E-state index contributed by atoms with van der Waals surface area (Å²) < 4.78 is 39.2. The van der Waals surface area contributed by atoms with E-state index in [4.69, 9.17) is 21.1 Å². The van der Waals surface area contributed by atoms with Crippen molar-refractivity contribution < 1.29 is 17.9 Å². The third-order valence-corrected chi connectivity index (χ3v) is 6.88. The van der Waals surface area contributed by atoms with Gasteiger partial charge in [-0.25, -0.2) is 18.1 Å². The maximum atomic E-state index is 12.8. The van der Waals surface area contributed by atoms with Crippen molar-refractivity contribution in [1.82, 2.24) is 9.71 Å². The predicted molar refractivity (Wildman–Crippen MR) is 128 cm³/mol. The van der Waals surface area contributed by atoms with Gasteiger partial charge < -0.3 is 14.8 Å². The molecule has 0 atom stereocenters. The highest BCUT2D eigenvalue weighted by molar-refractivity contribution is 7.89. The van der Waals surface area contributed by atoms with Crippen molar-refractivity contribution in [1.29, 1.82) is 0 Å². The molecule has 1 aliphatic heterocycles. The first-order chi connectivity index (χ1) is 16.0. The zero-order chi connectivity index (χ0) is 22.8. The number of fused-ring (bicyclic) bond motifs is 2. The summed E-state index contributed by atoms with van der Waals surface area (Å²) in [7, 11) is -3.69. The highest BCUT2D eigenvalue weighted by Crippen LogP contribution is 2.31. The van der Waals surface area contributed by atoms with Gasteiger partial charge in [-0.2, -0.15) is 0 Å². The summed E-state index contributed by atoms with van der Waals surface area (Å²) in [6.45, 7) is 1.12. The minimum Gasteiger partial charge on any atom is -0.486 e. The molecule has 0 spiro atoms. The fourth-order valence-corrected chi connectivity index (χ4v) is 4.74. The molecular formula is C24H20ClN3O4S. The number of benzene rings is 3. The second kappa shape index (κ2) is 8.90. The molecule has 168 valence electrons. The number of nitrogens with zero attached hydrogens (tertiary/aromatic N) is 1. The molecule has 5 rings (SSSR count). The van der Waals surface area contributed by atoms with Crippen molar-refractivity contribution in [3.63, 3.8) is 0 Å². The SMILES string of the molecule is O=S(=O)(NCc1ccc2c(c1)OCCO2)c1ccc(Nc2nccc3ccc(Cl)cc23)cc1. The van der Waals surface area contributed by atoms with Crippen LogP contribution in [0.25, 0.3) is 10.8 Å². The molecule has 7 nitrogen and oxygen atoms in total. The lowest BCUT2D eigenvalue weighted by molar-refractivity contribution is 0.171. The number of anilines is 2. The number of sulfonamides is 1. The van der Waals surface area contributed by atoms with E-state index in [9.17, 15) is 8.42 Å². The Morgan fingerprint density at radius 2 is 1.70 bits per heavy atom. The second-order valence-corrected chi connectivity index (χ2v) is 9.68. The molecule has 0 bridgehead atoms. The average Bonchev–Trinajstić information content (AvgIpc) is 2.83. The van der Waals surface area contributed by atoms with Gasteiger partial charge >= 0.3 is 0 Å². The Bertz CT molecular complexity index is 1430. The van der Waals surface area contributed by atoms with Crippen LogP contribution >= 0.6 is 11.6 Å². The first-order valence-corrected chi connectivity index (χ1v) is 12.1. The third-order valence-electron chi connectivity index (χ3n) is 5.23. The maximum Gasteiger partial charge on any atom is 0.240 e. The second-order valence-electron chi connectivity index (χ2n) is 7.48. The minimum atomic E-state index is -3.69. The molecule has 0 radical (unpaired) electrons. The Balaban J connectivity index is 1.29. The normalized spacial score (nSPS) is 13.1. The van der Waals surface area contributed by atoms with E-state index in [1.54, 1.807) is 42.6 Å². The van der Waals surface area contributed by atoms with E-state index in [2.05, 4.69) is 15.0 Å². The van der Waals surface area contributed by atoms with E-state index in [1.807, 2.05) is 30.3 Å². The van der Waals surface area contributed by atoms with Gasteiger partial charge in [0.1, 0.15) is 19.0 Å². The summed E-state index contributed by atoms with van der Waals surface area (Å²) in [6.07, 6.45) is 1.71. The molecule has 1 aliphatic rings. The lowest BCUT2D eigenvalue weighted by Crippen LogP contribution is -2.23. The quantitative estimate of drug-likeness (QED) is 0.408. The smallest absolute Gasteiger partial charge is 0.240 e. The van der Waals surface area contributed by atoms with E-state index in [0.29, 0.717) is 41.2 Å². The molecule has 0 amide bonds. The number of pyridine rings is 1. The number of halogens is 1. The fourth-order valence-electron chi connectivity index (χ4n) is 3.55. The van der Waals surface area contributed by atoms with Crippen LogP contribution in [-0.2, 0) is 16.6 Å². The van der Waals surface area contributed by atoms with Crippen LogP contribution in [0.15, 0.2) is 77.8 Å². The van der Waals surface area contributed by atoms with Gasteiger partial charge in [0.15, 0.2) is 11.5 Å². The molecule has 33 heavy (non-hydrogen) atoms. The summed E-state index contributed by atoms with van der Waals surface area (Å²) in [4.78, 5) is 4.55. The Morgan fingerprint density at radius 1 is 0.909 bits per heavy atom. The zero-order valence-corrected chi connectivity index (χ0v) is 19.0. The Hall–Kier alpha value is -3.33. The fraction of sp³-hybridized carbons (Fsp3) is 0.125. The molecule has 2 N–H and O–H groups in total. The monoisotopic (exact) mass is 481 g/mol. The first kappa shape index (κ1) is 21.5. The first-order valence-electron chi connectivity index (χ1n) is 10.3. The topological polar surface area (TPSA) is 89.6 Å². The van der Waals surface area contributed by atoms with Gasteiger partial charge in [0, 0.05) is 28.8 Å². The minimum absolute atomic E-state index is 0.139. The van der Waals surface area contributed by atoms with E-state index >= 15 is 0 Å². The van der Waals surface area contributed by atoms with Gasteiger partial charge in [0.25, 0.3) is 0 Å². The summed E-state index contributed by atoms with van der Waals surface area (Å²) >= 11 is 6.13. The van der Waals surface area contributed by atoms with Crippen molar-refractivity contribution in [3.8, 4) is 11.5 Å². The molecule has 0 unspecified atom stereocenters. The van der Waals surface area contributed by atoms with Crippen molar-refractivity contribution in [3.05, 3.63) is 83.5 Å². The van der Waals surface area contributed by atoms with Gasteiger partial charge in [0.05, 0.1) is 4.90 Å². The Kier molecular flexibility index (Phi) is 5.80. The van der Waals surface area contributed by atoms with Crippen LogP contribution in [0.3, 0.4) is 0 Å². The van der Waals surface area contributed by atoms with Crippen molar-refractivity contribution in [2.45, 2.75) is 11.4 Å². The van der Waals surface area contributed by atoms with Crippen LogP contribution in [-0.4, -0.2) is 26.6 Å². The molecule has 0 aliphatic carbocycles. The van der Waals surface area contributed by atoms with E-state index in [1.165, 1.54) is 0 Å². The Morgan fingerprint density at radius 3 is 2.52 bits per heavy atom. The van der Waals surface area contributed by atoms with Crippen LogP contribution in [0.2, 0.25) is 5.02 Å². The number of aromatic nitrogens is 1. The van der Waals surface area contributed by atoms with Crippen LogP contribution in [0.4, 0.5) is 11.5 Å². The average molecular weight is 482 g/mol. The largest absolute Gasteiger partial charge is 0.486 e. The highest BCUT2D eigenvalue weighted by Gasteiger charge is 2.16. The van der Waals surface area contributed by atoms with E-state index in [0.717, 1.165) is 16.3 Å². The summed E-state index contributed by atoms with van der Waals surface area (Å²) in [6, 6.07) is 19.4. The van der Waals surface area contributed by atoms with Crippen LogP contribution in [0, 0.1) is 0 Å². The van der Waals surface area contributed by atoms with Gasteiger partial charge in [0.2, 0.25) is 10.0 Å². The molecule has 4 aromatic rings.